The van der Waals surface area contributed by atoms with E-state index in [1.54, 1.807) is 0 Å². The molecule has 2 atom stereocenters. The lowest BCUT2D eigenvalue weighted by molar-refractivity contribution is -0.152. The number of ether oxygens (including phenoxy) is 3. The van der Waals surface area contributed by atoms with Crippen molar-refractivity contribution in [3.8, 4) is 5.75 Å². The predicted molar refractivity (Wildman–Crippen MR) is 106 cm³/mol. The number of benzene rings is 1. The first-order valence-corrected chi connectivity index (χ1v) is 10.7. The second-order valence-corrected chi connectivity index (χ2v) is 8.11. The van der Waals surface area contributed by atoms with Crippen LogP contribution in [-0.2, 0) is 9.47 Å². The normalized spacial score (nSPS) is 22.1. The van der Waals surface area contributed by atoms with Gasteiger partial charge in [0.15, 0.2) is 6.29 Å². The highest BCUT2D eigenvalue weighted by Gasteiger charge is 2.25. The summed E-state index contributed by atoms with van der Waals surface area (Å²) in [6.07, 6.45) is 11.0. The second kappa shape index (κ2) is 10.3. The van der Waals surface area contributed by atoms with Gasteiger partial charge in [0, 0.05) is 19.6 Å². The molecule has 3 nitrogen and oxygen atoms in total. The molecule has 2 fully saturated rings. The van der Waals surface area contributed by atoms with Crippen LogP contribution in [0.5, 0.6) is 5.75 Å². The minimum atomic E-state index is -0.129. The van der Waals surface area contributed by atoms with Crippen molar-refractivity contribution in [3.05, 3.63) is 29.8 Å². The van der Waals surface area contributed by atoms with E-state index in [2.05, 4.69) is 38.1 Å². The van der Waals surface area contributed by atoms with Crippen LogP contribution in [-0.4, -0.2) is 25.6 Å². The highest BCUT2D eigenvalue weighted by Crippen LogP contribution is 2.30. The molecule has 1 heterocycles. The van der Waals surface area contributed by atoms with Gasteiger partial charge in [-0.3, -0.25) is 0 Å². The van der Waals surface area contributed by atoms with Crippen LogP contribution in [0.1, 0.15) is 83.1 Å². The van der Waals surface area contributed by atoms with Crippen molar-refractivity contribution >= 4 is 0 Å². The standard InChI is InChI=1S/C23H36O3/c1-3-18(2)20-9-11-21(12-10-20)25-23(17-19-7-5-4-6-8-19)26-22-13-15-24-16-14-22/h9-12,18-19,22-23H,3-8,13-17H2,1-2H3. The van der Waals surface area contributed by atoms with E-state index in [9.17, 15) is 0 Å². The van der Waals surface area contributed by atoms with Gasteiger partial charge < -0.3 is 14.2 Å². The summed E-state index contributed by atoms with van der Waals surface area (Å²) in [4.78, 5) is 0. The Morgan fingerprint density at radius 2 is 1.69 bits per heavy atom. The van der Waals surface area contributed by atoms with Gasteiger partial charge in [0.2, 0.25) is 0 Å². The van der Waals surface area contributed by atoms with Crippen molar-refractivity contribution in [3.63, 3.8) is 0 Å². The Morgan fingerprint density at radius 3 is 2.35 bits per heavy atom. The van der Waals surface area contributed by atoms with E-state index in [0.29, 0.717) is 5.92 Å². The molecule has 146 valence electrons. The minimum absolute atomic E-state index is 0.129. The zero-order chi connectivity index (χ0) is 18.2. The Hall–Kier alpha value is -1.06. The molecule has 2 unspecified atom stereocenters. The lowest BCUT2D eigenvalue weighted by Gasteiger charge is -2.31. The third-order valence-electron chi connectivity index (χ3n) is 6.09. The van der Waals surface area contributed by atoms with Crippen LogP contribution in [0.15, 0.2) is 24.3 Å². The fourth-order valence-corrected chi connectivity index (χ4v) is 4.12. The maximum absolute atomic E-state index is 6.39. The molecule has 26 heavy (non-hydrogen) atoms. The van der Waals surface area contributed by atoms with Gasteiger partial charge in [0.1, 0.15) is 5.75 Å². The van der Waals surface area contributed by atoms with Crippen LogP contribution in [0.3, 0.4) is 0 Å². The smallest absolute Gasteiger partial charge is 0.200 e. The topological polar surface area (TPSA) is 27.7 Å². The van der Waals surface area contributed by atoms with E-state index < -0.39 is 0 Å². The molecule has 0 radical (unpaired) electrons. The highest BCUT2D eigenvalue weighted by molar-refractivity contribution is 5.29. The number of rotatable bonds is 8. The van der Waals surface area contributed by atoms with Crippen molar-refractivity contribution in [1.29, 1.82) is 0 Å². The Labute approximate surface area is 159 Å². The van der Waals surface area contributed by atoms with E-state index in [-0.39, 0.29) is 12.4 Å². The summed E-state index contributed by atoms with van der Waals surface area (Å²) >= 11 is 0. The molecule has 1 saturated carbocycles. The average molecular weight is 361 g/mol. The third kappa shape index (κ3) is 5.99. The fourth-order valence-electron chi connectivity index (χ4n) is 4.12. The van der Waals surface area contributed by atoms with Crippen molar-refractivity contribution in [2.24, 2.45) is 5.92 Å². The van der Waals surface area contributed by atoms with Gasteiger partial charge >= 0.3 is 0 Å². The van der Waals surface area contributed by atoms with Gasteiger partial charge in [-0.25, -0.2) is 0 Å². The Morgan fingerprint density at radius 1 is 1.00 bits per heavy atom. The van der Waals surface area contributed by atoms with E-state index >= 15 is 0 Å². The van der Waals surface area contributed by atoms with Crippen LogP contribution >= 0.6 is 0 Å². The molecule has 0 amide bonds. The molecule has 2 aliphatic rings. The maximum atomic E-state index is 6.39. The molecule has 0 bridgehead atoms. The molecule has 1 aliphatic carbocycles. The first-order chi connectivity index (χ1) is 12.7. The summed E-state index contributed by atoms with van der Waals surface area (Å²) < 4.78 is 18.2. The average Bonchev–Trinajstić information content (AvgIpc) is 2.69. The van der Waals surface area contributed by atoms with Crippen LogP contribution < -0.4 is 4.74 Å². The summed E-state index contributed by atoms with van der Waals surface area (Å²) in [6.45, 7) is 6.13. The molecule has 3 heteroatoms. The molecule has 1 aromatic carbocycles. The maximum Gasteiger partial charge on any atom is 0.200 e. The van der Waals surface area contributed by atoms with Crippen LogP contribution in [0.4, 0.5) is 0 Å². The zero-order valence-electron chi connectivity index (χ0n) is 16.6. The number of hydrogen-bond donors (Lipinski definition) is 0. The Bertz CT molecular complexity index is 481. The zero-order valence-corrected chi connectivity index (χ0v) is 16.6. The molecule has 0 aromatic heterocycles. The molecule has 0 N–H and O–H groups in total. The Kier molecular flexibility index (Phi) is 7.82. The highest BCUT2D eigenvalue weighted by atomic mass is 16.7. The molecular weight excluding hydrogens is 324 g/mol. The van der Waals surface area contributed by atoms with Crippen LogP contribution in [0.2, 0.25) is 0 Å². The van der Waals surface area contributed by atoms with Gasteiger partial charge in [0.05, 0.1) is 6.10 Å². The first-order valence-electron chi connectivity index (χ1n) is 10.7. The second-order valence-electron chi connectivity index (χ2n) is 8.11. The summed E-state index contributed by atoms with van der Waals surface area (Å²) in [5.74, 6) is 2.28. The van der Waals surface area contributed by atoms with Crippen LogP contribution in [0.25, 0.3) is 0 Å². The fraction of sp³-hybridized carbons (Fsp3) is 0.739. The summed E-state index contributed by atoms with van der Waals surface area (Å²) in [5.41, 5.74) is 1.38. The van der Waals surface area contributed by atoms with Crippen molar-refractivity contribution < 1.29 is 14.2 Å². The minimum Gasteiger partial charge on any atom is -0.465 e. The predicted octanol–water partition coefficient (Wildman–Crippen LogP) is 6.07. The van der Waals surface area contributed by atoms with E-state index in [0.717, 1.165) is 50.6 Å². The molecule has 1 aromatic rings. The largest absolute Gasteiger partial charge is 0.465 e. The number of hydrogen-bond acceptors (Lipinski definition) is 3. The van der Waals surface area contributed by atoms with E-state index in [1.165, 1.54) is 37.7 Å². The third-order valence-corrected chi connectivity index (χ3v) is 6.09. The van der Waals surface area contributed by atoms with Gasteiger partial charge in [-0.1, -0.05) is 58.1 Å². The van der Waals surface area contributed by atoms with Crippen LogP contribution in [0, 0.1) is 5.92 Å². The van der Waals surface area contributed by atoms with Gasteiger partial charge in [0.25, 0.3) is 0 Å². The quantitative estimate of drug-likeness (QED) is 0.527. The van der Waals surface area contributed by atoms with Gasteiger partial charge in [-0.2, -0.15) is 0 Å². The van der Waals surface area contributed by atoms with Gasteiger partial charge in [-0.15, -0.1) is 0 Å². The Balaban J connectivity index is 1.61. The molecule has 1 saturated heterocycles. The van der Waals surface area contributed by atoms with Crippen molar-refractivity contribution in [2.45, 2.75) is 89.9 Å². The monoisotopic (exact) mass is 360 g/mol. The summed E-state index contributed by atoms with van der Waals surface area (Å²) in [6, 6.07) is 8.64. The molecular formula is C23H36O3. The SMILES string of the molecule is CCC(C)c1ccc(OC(CC2CCCCC2)OC2CCOCC2)cc1. The van der Waals surface area contributed by atoms with Crippen molar-refractivity contribution in [2.75, 3.05) is 13.2 Å². The molecule has 3 rings (SSSR count). The lowest BCUT2D eigenvalue weighted by Crippen LogP contribution is -2.33. The first kappa shape index (κ1) is 19.7. The summed E-state index contributed by atoms with van der Waals surface area (Å²) in [7, 11) is 0. The summed E-state index contributed by atoms with van der Waals surface area (Å²) in [5, 5.41) is 0. The van der Waals surface area contributed by atoms with Crippen molar-refractivity contribution in [1.82, 2.24) is 0 Å². The van der Waals surface area contributed by atoms with Gasteiger partial charge in [-0.05, 0) is 48.8 Å². The molecule has 1 aliphatic heterocycles. The van der Waals surface area contributed by atoms with E-state index in [1.807, 2.05) is 0 Å². The molecule has 0 spiro atoms. The lowest BCUT2D eigenvalue weighted by atomic mass is 9.87. The van der Waals surface area contributed by atoms with E-state index in [4.69, 9.17) is 14.2 Å².